The number of phenolic OH excluding ortho intramolecular Hbond substituents is 1. The maximum Gasteiger partial charge on any atom is 0.220 e. The Bertz CT molecular complexity index is 770. The van der Waals surface area contributed by atoms with Gasteiger partial charge in [-0.2, -0.15) is 0 Å². The van der Waals surface area contributed by atoms with Crippen molar-refractivity contribution in [2.24, 2.45) is 5.92 Å². The molecule has 1 saturated heterocycles. The summed E-state index contributed by atoms with van der Waals surface area (Å²) in [6, 6.07) is 7.28. The van der Waals surface area contributed by atoms with Crippen LogP contribution in [-0.2, 0) is 0 Å². The van der Waals surface area contributed by atoms with Gasteiger partial charge in [0.05, 0.1) is 23.6 Å². The number of nitrogens with two attached hydrogens (primary N) is 1. The van der Waals surface area contributed by atoms with E-state index >= 15 is 0 Å². The molecule has 1 saturated carbocycles. The number of hydrogen-bond donors (Lipinski definition) is 3. The van der Waals surface area contributed by atoms with E-state index in [-0.39, 0.29) is 11.7 Å². The van der Waals surface area contributed by atoms with Gasteiger partial charge >= 0.3 is 0 Å². The average molecular weight is 354 g/mol. The standard InChI is InChI=1S/C20H26N4O2/c21-20-23-15(14-6-3-9-22-11-14)10-16(24-20)19-17(25)7-2-8-18(19)26-12-13-4-1-5-13/h2,7-8,10,13-14,22,25H,1,3-6,9,11-12H2,(H2,21,23,24). The van der Waals surface area contributed by atoms with Gasteiger partial charge in [0.1, 0.15) is 11.5 Å². The van der Waals surface area contributed by atoms with E-state index in [1.165, 1.54) is 19.3 Å². The normalized spacial score (nSPS) is 20.5. The van der Waals surface area contributed by atoms with Gasteiger partial charge in [0.15, 0.2) is 0 Å². The van der Waals surface area contributed by atoms with Crippen molar-refractivity contribution < 1.29 is 9.84 Å². The van der Waals surface area contributed by atoms with E-state index in [0.29, 0.717) is 35.4 Å². The molecule has 4 N–H and O–H groups in total. The highest BCUT2D eigenvalue weighted by Crippen LogP contribution is 2.39. The number of rotatable bonds is 5. The topological polar surface area (TPSA) is 93.3 Å². The predicted molar refractivity (Wildman–Crippen MR) is 101 cm³/mol. The molecule has 4 rings (SSSR count). The van der Waals surface area contributed by atoms with Crippen molar-refractivity contribution in [1.29, 1.82) is 0 Å². The van der Waals surface area contributed by atoms with Gasteiger partial charge in [-0.05, 0) is 56.3 Å². The molecule has 2 aromatic rings. The van der Waals surface area contributed by atoms with E-state index in [1.54, 1.807) is 12.1 Å². The molecule has 1 aliphatic heterocycles. The van der Waals surface area contributed by atoms with E-state index in [0.717, 1.165) is 31.6 Å². The van der Waals surface area contributed by atoms with Gasteiger partial charge in [0.25, 0.3) is 0 Å². The SMILES string of the molecule is Nc1nc(-c2c(O)cccc2OCC2CCC2)cc(C2CCCNC2)n1. The third kappa shape index (κ3) is 3.60. The first-order chi connectivity index (χ1) is 12.7. The fourth-order valence-corrected chi connectivity index (χ4v) is 3.69. The van der Waals surface area contributed by atoms with Crippen molar-refractivity contribution in [3.8, 4) is 22.8 Å². The van der Waals surface area contributed by atoms with Crippen molar-refractivity contribution in [2.45, 2.75) is 38.0 Å². The highest BCUT2D eigenvalue weighted by Gasteiger charge is 2.22. The van der Waals surface area contributed by atoms with Gasteiger partial charge in [-0.15, -0.1) is 0 Å². The zero-order valence-electron chi connectivity index (χ0n) is 14.9. The van der Waals surface area contributed by atoms with Crippen LogP contribution >= 0.6 is 0 Å². The lowest BCUT2D eigenvalue weighted by Gasteiger charge is -2.26. The van der Waals surface area contributed by atoms with Crippen LogP contribution in [-0.4, -0.2) is 34.8 Å². The number of benzene rings is 1. The van der Waals surface area contributed by atoms with Gasteiger partial charge in [0, 0.05) is 12.5 Å². The Kier molecular flexibility index (Phi) is 4.93. The fourth-order valence-electron chi connectivity index (χ4n) is 3.69. The Morgan fingerprint density at radius 3 is 2.81 bits per heavy atom. The number of ether oxygens (including phenoxy) is 1. The number of hydrogen-bond acceptors (Lipinski definition) is 6. The van der Waals surface area contributed by atoms with Gasteiger partial charge in [-0.3, -0.25) is 0 Å². The van der Waals surface area contributed by atoms with E-state index in [1.807, 2.05) is 12.1 Å². The Morgan fingerprint density at radius 2 is 2.08 bits per heavy atom. The highest BCUT2D eigenvalue weighted by molar-refractivity contribution is 5.74. The number of nitrogen functional groups attached to an aromatic ring is 1. The van der Waals surface area contributed by atoms with E-state index in [4.69, 9.17) is 10.5 Å². The molecule has 0 bridgehead atoms. The van der Waals surface area contributed by atoms with Crippen molar-refractivity contribution >= 4 is 5.95 Å². The molecular formula is C20H26N4O2. The van der Waals surface area contributed by atoms with E-state index < -0.39 is 0 Å². The predicted octanol–water partition coefficient (Wildman–Crippen LogP) is 3.08. The second-order valence-corrected chi connectivity index (χ2v) is 7.34. The van der Waals surface area contributed by atoms with Crippen LogP contribution in [0.3, 0.4) is 0 Å². The second-order valence-electron chi connectivity index (χ2n) is 7.34. The molecule has 0 amide bonds. The fraction of sp³-hybridized carbons (Fsp3) is 0.500. The molecule has 1 unspecified atom stereocenters. The molecule has 2 fully saturated rings. The first-order valence-corrected chi connectivity index (χ1v) is 9.51. The molecule has 2 aliphatic rings. The lowest BCUT2D eigenvalue weighted by atomic mass is 9.86. The molecule has 6 nitrogen and oxygen atoms in total. The van der Waals surface area contributed by atoms with Crippen LogP contribution < -0.4 is 15.8 Å². The zero-order valence-corrected chi connectivity index (χ0v) is 14.9. The van der Waals surface area contributed by atoms with Crippen molar-refractivity contribution in [2.75, 3.05) is 25.4 Å². The molecule has 1 aromatic heterocycles. The molecule has 1 aliphatic carbocycles. The summed E-state index contributed by atoms with van der Waals surface area (Å²) in [4.78, 5) is 8.83. The number of nitrogens with one attached hydrogen (secondary N) is 1. The van der Waals surface area contributed by atoms with Crippen LogP contribution in [0.15, 0.2) is 24.3 Å². The quantitative estimate of drug-likeness (QED) is 0.764. The van der Waals surface area contributed by atoms with Crippen molar-refractivity contribution in [3.05, 3.63) is 30.0 Å². The average Bonchev–Trinajstić information content (AvgIpc) is 2.61. The lowest BCUT2D eigenvalue weighted by molar-refractivity contribution is 0.181. The highest BCUT2D eigenvalue weighted by atomic mass is 16.5. The number of nitrogens with zero attached hydrogens (tertiary/aromatic N) is 2. The third-order valence-electron chi connectivity index (χ3n) is 5.44. The summed E-state index contributed by atoms with van der Waals surface area (Å²) in [6.07, 6.45) is 5.91. The number of phenols is 1. The van der Waals surface area contributed by atoms with Crippen LogP contribution in [0.2, 0.25) is 0 Å². The summed E-state index contributed by atoms with van der Waals surface area (Å²) in [5.74, 6) is 1.98. The second kappa shape index (κ2) is 7.50. The molecule has 6 heteroatoms. The molecule has 26 heavy (non-hydrogen) atoms. The molecule has 2 heterocycles. The number of piperidine rings is 1. The summed E-state index contributed by atoms with van der Waals surface area (Å²) in [5, 5.41) is 13.9. The first-order valence-electron chi connectivity index (χ1n) is 9.51. The smallest absolute Gasteiger partial charge is 0.220 e. The van der Waals surface area contributed by atoms with Crippen LogP contribution in [0.25, 0.3) is 11.3 Å². The van der Waals surface area contributed by atoms with E-state index in [9.17, 15) is 5.11 Å². The van der Waals surface area contributed by atoms with Crippen molar-refractivity contribution in [3.63, 3.8) is 0 Å². The summed E-state index contributed by atoms with van der Waals surface area (Å²) in [7, 11) is 0. The van der Waals surface area contributed by atoms with Crippen LogP contribution in [0.4, 0.5) is 5.95 Å². The number of aromatic nitrogens is 2. The minimum Gasteiger partial charge on any atom is -0.507 e. The Morgan fingerprint density at radius 1 is 1.19 bits per heavy atom. The first kappa shape index (κ1) is 17.1. The molecule has 1 atom stereocenters. The Labute approximate surface area is 153 Å². The number of anilines is 1. The summed E-state index contributed by atoms with van der Waals surface area (Å²) >= 11 is 0. The largest absolute Gasteiger partial charge is 0.507 e. The molecular weight excluding hydrogens is 328 g/mol. The molecule has 1 aromatic carbocycles. The van der Waals surface area contributed by atoms with Gasteiger partial charge < -0.3 is 20.9 Å². The number of aromatic hydroxyl groups is 1. The Hall–Kier alpha value is -2.34. The van der Waals surface area contributed by atoms with Crippen LogP contribution in [0, 0.1) is 5.92 Å². The van der Waals surface area contributed by atoms with Gasteiger partial charge in [0.2, 0.25) is 5.95 Å². The van der Waals surface area contributed by atoms with Crippen molar-refractivity contribution in [1.82, 2.24) is 15.3 Å². The zero-order chi connectivity index (χ0) is 17.9. The van der Waals surface area contributed by atoms with E-state index in [2.05, 4.69) is 15.3 Å². The maximum atomic E-state index is 10.5. The van der Waals surface area contributed by atoms with Crippen LogP contribution in [0.1, 0.15) is 43.7 Å². The minimum atomic E-state index is 0.155. The molecule has 138 valence electrons. The minimum absolute atomic E-state index is 0.155. The van der Waals surface area contributed by atoms with Gasteiger partial charge in [-0.25, -0.2) is 9.97 Å². The maximum absolute atomic E-state index is 10.5. The van der Waals surface area contributed by atoms with Crippen LogP contribution in [0.5, 0.6) is 11.5 Å². The monoisotopic (exact) mass is 354 g/mol. The summed E-state index contributed by atoms with van der Waals surface area (Å²) in [5.41, 5.74) is 8.14. The summed E-state index contributed by atoms with van der Waals surface area (Å²) < 4.78 is 6.03. The molecule has 0 spiro atoms. The third-order valence-corrected chi connectivity index (χ3v) is 5.44. The lowest BCUT2D eigenvalue weighted by Crippen LogP contribution is -2.29. The Balaban J connectivity index is 1.66. The summed E-state index contributed by atoms with van der Waals surface area (Å²) in [6.45, 7) is 2.61. The molecule has 0 radical (unpaired) electrons. The van der Waals surface area contributed by atoms with Gasteiger partial charge in [-0.1, -0.05) is 12.5 Å².